The Morgan fingerprint density at radius 3 is 1.45 bits per heavy atom. The van der Waals surface area contributed by atoms with Crippen LogP contribution in [-0.4, -0.2) is 77.0 Å². The van der Waals surface area contributed by atoms with Crippen LogP contribution >= 0.6 is 6.89 Å². The molecule has 4 aliphatic rings. The lowest BCUT2D eigenvalue weighted by molar-refractivity contribution is -0.166. The Morgan fingerprint density at radius 2 is 1.04 bits per heavy atom. The topological polar surface area (TPSA) is 127 Å². The number of hydrogen-bond donors (Lipinski definition) is 0. The van der Waals surface area contributed by atoms with E-state index in [0.29, 0.717) is 41.6 Å². The minimum Gasteiger partial charge on any atom is -0.468 e. The molecule has 2 heterocycles. The van der Waals surface area contributed by atoms with E-state index in [1.54, 1.807) is 0 Å². The summed E-state index contributed by atoms with van der Waals surface area (Å²) in [4.78, 5) is 93.0. The number of esters is 2. The van der Waals surface area contributed by atoms with Crippen molar-refractivity contribution in [3.8, 4) is 0 Å². The maximum Gasteiger partial charge on any atom is 0.327 e. The van der Waals surface area contributed by atoms with Crippen LogP contribution in [0.4, 0.5) is 0 Å². The molecule has 2 aliphatic carbocycles. The third kappa shape index (κ3) is 5.60. The zero-order valence-corrected chi connectivity index (χ0v) is 31.0. The third-order valence-corrected chi connectivity index (χ3v) is 16.2. The van der Waals surface area contributed by atoms with Crippen molar-refractivity contribution in [3.05, 3.63) is 91.0 Å². The van der Waals surface area contributed by atoms with Gasteiger partial charge in [0.15, 0.2) is 5.41 Å². The van der Waals surface area contributed by atoms with E-state index < -0.39 is 71.8 Å². The van der Waals surface area contributed by atoms with Gasteiger partial charge in [-0.3, -0.25) is 38.6 Å². The summed E-state index contributed by atoms with van der Waals surface area (Å²) in [6, 6.07) is 26.7. The second-order valence-corrected chi connectivity index (χ2v) is 17.8. The maximum absolute atomic E-state index is 15.9. The molecule has 0 bridgehead atoms. The van der Waals surface area contributed by atoms with Gasteiger partial charge in [-0.15, -0.1) is 0 Å². The molecular weight excluding hydrogens is 691 g/mol. The summed E-state index contributed by atoms with van der Waals surface area (Å²) >= 11 is 0. The standard InChI is InChI=1S/C42H45N2O8P/c1-51-39(48)33-34(37(46)43(36(33)45)28-18-8-3-9-19-28)42(41(50)52-2)35(38(47)44(40(42)49)29-20-10-4-11-21-29)53(30-22-12-5-13-23-30,31-24-14-6-15-25-31)32-26-16-7-17-27-32/h5-7,12-17,22-29,33-34H,3-4,8-11,18-21H2,1-2H3/t33-,34?,42+/m0/s1. The molecule has 10 nitrogen and oxygen atoms in total. The number of benzene rings is 3. The number of methoxy groups -OCH3 is 2. The van der Waals surface area contributed by atoms with E-state index in [0.717, 1.165) is 57.6 Å². The van der Waals surface area contributed by atoms with Crippen molar-refractivity contribution in [1.82, 2.24) is 9.80 Å². The Bertz CT molecular complexity index is 1870. The number of ether oxygens (including phenoxy) is 2. The normalized spacial score (nSPS) is 24.5. The van der Waals surface area contributed by atoms with E-state index in [-0.39, 0.29) is 5.29 Å². The first-order valence-electron chi connectivity index (χ1n) is 18.6. The van der Waals surface area contributed by atoms with Gasteiger partial charge < -0.3 is 9.47 Å². The van der Waals surface area contributed by atoms with Crippen LogP contribution in [0.15, 0.2) is 91.0 Å². The highest BCUT2D eigenvalue weighted by Crippen LogP contribution is 2.58. The Kier molecular flexibility index (Phi) is 10.3. The minimum absolute atomic E-state index is 0.124. The number of nitrogens with zero attached hydrogens (tertiary/aromatic N) is 2. The van der Waals surface area contributed by atoms with Gasteiger partial charge in [0.25, 0.3) is 11.8 Å². The van der Waals surface area contributed by atoms with E-state index in [1.165, 1.54) is 4.90 Å². The van der Waals surface area contributed by atoms with Crippen molar-refractivity contribution in [3.63, 3.8) is 0 Å². The number of imide groups is 2. The molecule has 2 saturated heterocycles. The molecule has 0 aromatic heterocycles. The fourth-order valence-corrected chi connectivity index (χ4v) is 14.3. The molecule has 7 rings (SSSR count). The number of carbonyl (C=O) groups is 6. The molecule has 0 spiro atoms. The lowest BCUT2D eigenvalue weighted by Crippen LogP contribution is -2.57. The van der Waals surface area contributed by atoms with Crippen LogP contribution < -0.4 is 15.9 Å². The first kappa shape index (κ1) is 36.5. The molecule has 11 heteroatoms. The summed E-state index contributed by atoms with van der Waals surface area (Å²) in [5, 5.41) is 1.84. The van der Waals surface area contributed by atoms with Crippen molar-refractivity contribution in [1.29, 1.82) is 0 Å². The van der Waals surface area contributed by atoms with E-state index in [1.807, 2.05) is 91.0 Å². The molecule has 1 unspecified atom stereocenters. The van der Waals surface area contributed by atoms with Crippen molar-refractivity contribution < 1.29 is 38.2 Å². The van der Waals surface area contributed by atoms with E-state index >= 15 is 19.2 Å². The summed E-state index contributed by atoms with van der Waals surface area (Å²) in [7, 11) is 2.23. The molecule has 0 N–H and O–H groups in total. The van der Waals surface area contributed by atoms with Gasteiger partial charge >= 0.3 is 11.9 Å². The summed E-state index contributed by atoms with van der Waals surface area (Å²) in [5.41, 5.74) is -2.69. The molecule has 0 radical (unpaired) electrons. The number of carbonyl (C=O) groups excluding carboxylic acids is 6. The van der Waals surface area contributed by atoms with Crippen molar-refractivity contribution >= 4 is 63.7 Å². The predicted octanol–water partition coefficient (Wildman–Crippen LogP) is 4.12. The Morgan fingerprint density at radius 1 is 0.604 bits per heavy atom. The molecule has 2 saturated carbocycles. The van der Waals surface area contributed by atoms with Crippen LogP contribution in [0.1, 0.15) is 64.2 Å². The monoisotopic (exact) mass is 736 g/mol. The van der Waals surface area contributed by atoms with Crippen LogP contribution in [0.25, 0.3) is 0 Å². The molecule has 276 valence electrons. The molecule has 53 heavy (non-hydrogen) atoms. The van der Waals surface area contributed by atoms with Gasteiger partial charge in [-0.1, -0.05) is 130 Å². The Labute approximate surface area is 309 Å². The van der Waals surface area contributed by atoms with E-state index in [9.17, 15) is 9.59 Å². The van der Waals surface area contributed by atoms with Gasteiger partial charge in [0.1, 0.15) is 5.92 Å². The van der Waals surface area contributed by atoms with Crippen LogP contribution in [0, 0.1) is 17.3 Å². The Hall–Kier alpha value is -4.82. The average Bonchev–Trinajstić information content (AvgIpc) is 3.61. The van der Waals surface area contributed by atoms with Gasteiger partial charge in [-0.2, -0.15) is 0 Å². The van der Waals surface area contributed by atoms with E-state index in [2.05, 4.69) is 0 Å². The number of rotatable bonds is 8. The highest BCUT2D eigenvalue weighted by atomic mass is 31.2. The fraction of sp³-hybridized carbons (Fsp3) is 0.405. The zero-order valence-electron chi connectivity index (χ0n) is 30.1. The zero-order chi connectivity index (χ0) is 37.3. The lowest BCUT2D eigenvalue weighted by Gasteiger charge is -2.38. The highest BCUT2D eigenvalue weighted by molar-refractivity contribution is 7.96. The minimum atomic E-state index is -3.62. The fourth-order valence-electron chi connectivity index (χ4n) is 9.48. The average molecular weight is 737 g/mol. The molecule has 3 atom stereocenters. The van der Waals surface area contributed by atoms with Crippen LogP contribution in [0.3, 0.4) is 0 Å². The number of amides is 4. The molecule has 3 aromatic carbocycles. The number of likely N-dealkylation sites (tertiary alicyclic amines) is 2. The smallest absolute Gasteiger partial charge is 0.327 e. The second-order valence-electron chi connectivity index (χ2n) is 14.4. The van der Waals surface area contributed by atoms with Crippen molar-refractivity contribution in [2.45, 2.75) is 76.3 Å². The van der Waals surface area contributed by atoms with Gasteiger partial charge in [0.2, 0.25) is 11.8 Å². The van der Waals surface area contributed by atoms with Gasteiger partial charge in [0, 0.05) is 12.1 Å². The second kappa shape index (κ2) is 14.9. The summed E-state index contributed by atoms with van der Waals surface area (Å²) in [6.07, 6.45) is 7.01. The van der Waals surface area contributed by atoms with Crippen LogP contribution in [0.2, 0.25) is 0 Å². The third-order valence-electron chi connectivity index (χ3n) is 11.8. The first-order valence-corrected chi connectivity index (χ1v) is 20.4. The first-order chi connectivity index (χ1) is 25.8. The Balaban J connectivity index is 1.70. The van der Waals surface area contributed by atoms with Crippen LogP contribution in [0.5, 0.6) is 0 Å². The van der Waals surface area contributed by atoms with E-state index in [4.69, 9.17) is 9.47 Å². The molecular formula is C42H45N2O8P. The van der Waals surface area contributed by atoms with Crippen LogP contribution in [-0.2, 0) is 38.2 Å². The molecule has 4 fully saturated rings. The quantitative estimate of drug-likeness (QED) is 0.146. The van der Waals surface area contributed by atoms with Gasteiger partial charge in [0.05, 0.1) is 25.4 Å². The highest BCUT2D eigenvalue weighted by Gasteiger charge is 2.76. The molecule has 3 aromatic rings. The van der Waals surface area contributed by atoms with Crippen molar-refractivity contribution in [2.75, 3.05) is 14.2 Å². The van der Waals surface area contributed by atoms with Gasteiger partial charge in [-0.25, -0.2) is 0 Å². The summed E-state index contributed by atoms with van der Waals surface area (Å²) < 4.78 is 10.8. The van der Waals surface area contributed by atoms with Crippen molar-refractivity contribution in [2.24, 2.45) is 17.3 Å². The molecule has 4 amide bonds. The molecule has 2 aliphatic heterocycles. The predicted molar refractivity (Wildman–Crippen MR) is 201 cm³/mol. The number of hydrogen-bond acceptors (Lipinski definition) is 8. The SMILES string of the molecule is COC(=O)[C@@H]1C(=O)N(C2CCCCC2)C(=O)C1[C@]1(C(=O)OC)C(=O)N(C2CCCCC2)C(=O)C1=P(c1ccccc1)(c1ccccc1)c1ccccc1. The lowest BCUT2D eigenvalue weighted by atomic mass is 9.68. The maximum atomic E-state index is 15.9. The largest absolute Gasteiger partial charge is 0.468 e. The van der Waals surface area contributed by atoms with Gasteiger partial charge in [-0.05, 0) is 48.5 Å². The summed E-state index contributed by atoms with van der Waals surface area (Å²) in [5.74, 6) is -9.25. The summed E-state index contributed by atoms with van der Waals surface area (Å²) in [6.45, 7) is -3.62.